The van der Waals surface area contributed by atoms with Gasteiger partial charge in [0, 0.05) is 18.5 Å². The first-order chi connectivity index (χ1) is 13.1. The van der Waals surface area contributed by atoms with Crippen LogP contribution < -0.4 is 20.1 Å². The van der Waals surface area contributed by atoms with Gasteiger partial charge < -0.3 is 20.1 Å². The molecule has 0 amide bonds. The third-order valence-electron chi connectivity index (χ3n) is 3.82. The minimum atomic E-state index is 0. The molecule has 0 saturated carbocycles. The monoisotopic (exact) mass is 518 g/mol. The van der Waals surface area contributed by atoms with Crippen LogP contribution in [0, 0.1) is 0 Å². The first-order valence-corrected chi connectivity index (χ1v) is 10.2. The van der Waals surface area contributed by atoms with Crippen LogP contribution in [0.15, 0.2) is 34.6 Å². The second kappa shape index (κ2) is 13.6. The van der Waals surface area contributed by atoms with Gasteiger partial charge >= 0.3 is 0 Å². The third-order valence-corrected chi connectivity index (χ3v) is 4.67. The molecule has 0 aliphatic rings. The van der Waals surface area contributed by atoms with E-state index in [9.17, 15) is 0 Å². The molecule has 1 aromatic heterocycles. The summed E-state index contributed by atoms with van der Waals surface area (Å²) in [7, 11) is 1.66. The standard InChI is InChI=1S/C20H30N4O2S.HI/c1-5-21-20(23-13-19-24-18(14-27-19)15(2)3)22-11-6-12-26-17-9-7-16(25-4)8-10-17;/h7-10,14-15H,5-6,11-13H2,1-4H3,(H2,21,22,23);1H. The number of rotatable bonds is 10. The predicted molar refractivity (Wildman–Crippen MR) is 128 cm³/mol. The van der Waals surface area contributed by atoms with E-state index in [1.807, 2.05) is 24.3 Å². The molecule has 0 fully saturated rings. The van der Waals surface area contributed by atoms with Gasteiger partial charge in [0.2, 0.25) is 0 Å². The molecule has 1 heterocycles. The molecule has 0 aliphatic heterocycles. The lowest BCUT2D eigenvalue weighted by Gasteiger charge is -2.11. The van der Waals surface area contributed by atoms with Gasteiger partial charge in [-0.05, 0) is 43.5 Å². The van der Waals surface area contributed by atoms with Crippen molar-refractivity contribution in [3.63, 3.8) is 0 Å². The normalized spacial score (nSPS) is 11.1. The van der Waals surface area contributed by atoms with Gasteiger partial charge in [0.05, 0.1) is 26.0 Å². The van der Waals surface area contributed by atoms with Crippen molar-refractivity contribution in [3.8, 4) is 11.5 Å². The first-order valence-electron chi connectivity index (χ1n) is 9.35. The second-order valence-corrected chi connectivity index (χ2v) is 7.26. The maximum absolute atomic E-state index is 5.74. The van der Waals surface area contributed by atoms with Crippen LogP contribution >= 0.6 is 35.3 Å². The Balaban J connectivity index is 0.00000392. The molecule has 0 atom stereocenters. The summed E-state index contributed by atoms with van der Waals surface area (Å²) in [5, 5.41) is 9.76. The van der Waals surface area contributed by atoms with Crippen molar-refractivity contribution in [2.24, 2.45) is 4.99 Å². The van der Waals surface area contributed by atoms with Gasteiger partial charge in [0.1, 0.15) is 16.5 Å². The summed E-state index contributed by atoms with van der Waals surface area (Å²) in [4.78, 5) is 9.24. The van der Waals surface area contributed by atoms with Crippen LogP contribution in [0.2, 0.25) is 0 Å². The number of halogens is 1. The Kier molecular flexibility index (Phi) is 11.9. The quantitative estimate of drug-likeness (QED) is 0.211. The maximum Gasteiger partial charge on any atom is 0.191 e. The number of aliphatic imine (C=N–C) groups is 1. The Hall–Kier alpha value is -1.55. The molecule has 0 spiro atoms. The molecule has 2 aromatic rings. The zero-order valence-electron chi connectivity index (χ0n) is 17.0. The second-order valence-electron chi connectivity index (χ2n) is 6.32. The van der Waals surface area contributed by atoms with Crippen LogP contribution in [-0.2, 0) is 6.54 Å². The topological polar surface area (TPSA) is 67.8 Å². The van der Waals surface area contributed by atoms with Crippen LogP contribution in [0.4, 0.5) is 0 Å². The smallest absolute Gasteiger partial charge is 0.191 e. The van der Waals surface area contributed by atoms with Gasteiger partial charge in [-0.25, -0.2) is 9.98 Å². The van der Waals surface area contributed by atoms with Gasteiger partial charge in [-0.2, -0.15) is 0 Å². The van der Waals surface area contributed by atoms with Crippen molar-refractivity contribution in [2.45, 2.75) is 39.7 Å². The zero-order chi connectivity index (χ0) is 19.5. The van der Waals surface area contributed by atoms with Gasteiger partial charge in [-0.3, -0.25) is 0 Å². The Labute approximate surface area is 189 Å². The number of nitrogens with one attached hydrogen (secondary N) is 2. The van der Waals surface area contributed by atoms with E-state index in [2.05, 4.69) is 46.8 Å². The number of hydrogen-bond acceptors (Lipinski definition) is 5. The van der Waals surface area contributed by atoms with E-state index in [0.717, 1.165) is 47.7 Å². The van der Waals surface area contributed by atoms with Gasteiger partial charge in [0.25, 0.3) is 0 Å². The molecule has 0 saturated heterocycles. The summed E-state index contributed by atoms with van der Waals surface area (Å²) in [6.45, 7) is 9.21. The number of nitrogens with zero attached hydrogens (tertiary/aromatic N) is 2. The molecule has 156 valence electrons. The summed E-state index contributed by atoms with van der Waals surface area (Å²) in [5.41, 5.74) is 1.14. The Bertz CT molecular complexity index is 704. The molecule has 6 nitrogen and oxygen atoms in total. The van der Waals surface area contributed by atoms with E-state index in [1.165, 1.54) is 0 Å². The van der Waals surface area contributed by atoms with Crippen LogP contribution in [-0.4, -0.2) is 37.7 Å². The average Bonchev–Trinajstić information content (AvgIpc) is 3.15. The Morgan fingerprint density at radius 3 is 2.50 bits per heavy atom. The molecule has 8 heteroatoms. The number of thiazole rings is 1. The lowest BCUT2D eigenvalue weighted by atomic mass is 10.2. The number of hydrogen-bond donors (Lipinski definition) is 2. The van der Waals surface area contributed by atoms with Gasteiger partial charge in [0.15, 0.2) is 5.96 Å². The maximum atomic E-state index is 5.74. The number of benzene rings is 1. The molecule has 1 aromatic carbocycles. The summed E-state index contributed by atoms with van der Waals surface area (Å²) < 4.78 is 10.9. The van der Waals surface area contributed by atoms with E-state index in [4.69, 9.17) is 9.47 Å². The highest BCUT2D eigenvalue weighted by Crippen LogP contribution is 2.18. The predicted octanol–water partition coefficient (Wildman–Crippen LogP) is 4.42. The van der Waals surface area contributed by atoms with Crippen molar-refractivity contribution >= 4 is 41.3 Å². The number of ether oxygens (including phenoxy) is 2. The lowest BCUT2D eigenvalue weighted by molar-refractivity contribution is 0.310. The summed E-state index contributed by atoms with van der Waals surface area (Å²) in [6.07, 6.45) is 0.880. The molecule has 2 N–H and O–H groups in total. The highest BCUT2D eigenvalue weighted by molar-refractivity contribution is 14.0. The first kappa shape index (κ1) is 24.5. The molecule has 2 rings (SSSR count). The van der Waals surface area contributed by atoms with Crippen molar-refractivity contribution in [2.75, 3.05) is 26.8 Å². The van der Waals surface area contributed by atoms with Crippen molar-refractivity contribution in [1.82, 2.24) is 15.6 Å². The van der Waals surface area contributed by atoms with Crippen LogP contribution in [0.1, 0.15) is 43.8 Å². The molecule has 28 heavy (non-hydrogen) atoms. The Morgan fingerprint density at radius 2 is 1.89 bits per heavy atom. The highest BCUT2D eigenvalue weighted by atomic mass is 127. The fourth-order valence-electron chi connectivity index (χ4n) is 2.29. The number of aromatic nitrogens is 1. The van der Waals surface area contributed by atoms with E-state index >= 15 is 0 Å². The largest absolute Gasteiger partial charge is 0.497 e. The Morgan fingerprint density at radius 1 is 1.18 bits per heavy atom. The lowest BCUT2D eigenvalue weighted by Crippen LogP contribution is -2.38. The fraction of sp³-hybridized carbons (Fsp3) is 0.500. The fourth-order valence-corrected chi connectivity index (χ4v) is 3.17. The molecular weight excluding hydrogens is 487 g/mol. The summed E-state index contributed by atoms with van der Waals surface area (Å²) in [6, 6.07) is 7.62. The third kappa shape index (κ3) is 8.64. The summed E-state index contributed by atoms with van der Waals surface area (Å²) >= 11 is 1.67. The molecule has 0 aliphatic carbocycles. The van der Waals surface area contributed by atoms with Crippen molar-refractivity contribution in [3.05, 3.63) is 40.3 Å². The minimum absolute atomic E-state index is 0. The van der Waals surface area contributed by atoms with Crippen LogP contribution in [0.3, 0.4) is 0 Å². The van der Waals surface area contributed by atoms with E-state index < -0.39 is 0 Å². The van der Waals surface area contributed by atoms with E-state index in [-0.39, 0.29) is 24.0 Å². The van der Waals surface area contributed by atoms with Crippen molar-refractivity contribution in [1.29, 1.82) is 0 Å². The van der Waals surface area contributed by atoms with Crippen molar-refractivity contribution < 1.29 is 9.47 Å². The van der Waals surface area contributed by atoms with Gasteiger partial charge in [-0.1, -0.05) is 13.8 Å². The molecule has 0 radical (unpaired) electrons. The van der Waals surface area contributed by atoms with E-state index in [0.29, 0.717) is 19.1 Å². The molecule has 0 bridgehead atoms. The van der Waals surface area contributed by atoms with Gasteiger partial charge in [-0.15, -0.1) is 35.3 Å². The van der Waals surface area contributed by atoms with Crippen LogP contribution in [0.25, 0.3) is 0 Å². The average molecular weight is 518 g/mol. The molecular formula is C20H31IN4O2S. The highest BCUT2D eigenvalue weighted by Gasteiger charge is 2.05. The SMILES string of the molecule is CCNC(=NCc1nc(C(C)C)cs1)NCCCOc1ccc(OC)cc1.I. The molecule has 0 unspecified atom stereocenters. The van der Waals surface area contributed by atoms with E-state index in [1.54, 1.807) is 18.4 Å². The minimum Gasteiger partial charge on any atom is -0.497 e. The summed E-state index contributed by atoms with van der Waals surface area (Å²) in [5.74, 6) is 2.94. The number of guanidine groups is 1. The zero-order valence-corrected chi connectivity index (χ0v) is 20.2. The number of methoxy groups -OCH3 is 1. The van der Waals surface area contributed by atoms with Crippen LogP contribution in [0.5, 0.6) is 11.5 Å².